The van der Waals surface area contributed by atoms with Crippen LogP contribution in [-0.2, 0) is 17.1 Å². The van der Waals surface area contributed by atoms with Gasteiger partial charge in [-0.05, 0) is 57.0 Å². The molecule has 170 valence electrons. The Labute approximate surface area is 187 Å². The van der Waals surface area contributed by atoms with Crippen LogP contribution in [0.4, 0.5) is 5.69 Å². The lowest BCUT2D eigenvalue weighted by molar-refractivity contribution is 0.0938. The van der Waals surface area contributed by atoms with Crippen LogP contribution in [0.3, 0.4) is 0 Å². The minimum absolute atomic E-state index is 0.0382. The van der Waals surface area contributed by atoms with Crippen LogP contribution in [-0.4, -0.2) is 29.7 Å². The van der Waals surface area contributed by atoms with E-state index < -0.39 is 15.6 Å². The normalized spacial score (nSPS) is 12.4. The standard InChI is InChI=1S/C23H28N4O4S/c1-6-16(3)24-22(28)20-14-19(13-12-15(20)2)32(30,31)25-21-17(4)26(5)27(23(21)29)18-10-8-7-9-11-18/h7-14,16,25H,6H2,1-5H3,(H,24,28). The maximum Gasteiger partial charge on any atom is 0.296 e. The molecule has 1 heterocycles. The molecule has 0 aliphatic carbocycles. The monoisotopic (exact) mass is 456 g/mol. The molecule has 8 nitrogen and oxygen atoms in total. The highest BCUT2D eigenvalue weighted by molar-refractivity contribution is 7.92. The number of rotatable bonds is 7. The summed E-state index contributed by atoms with van der Waals surface area (Å²) in [6, 6.07) is 13.3. The molecule has 2 aromatic carbocycles. The number of sulfonamides is 1. The smallest absolute Gasteiger partial charge is 0.296 e. The molecule has 0 saturated heterocycles. The predicted octanol–water partition coefficient (Wildman–Crippen LogP) is 3.12. The summed E-state index contributed by atoms with van der Waals surface area (Å²) in [6.07, 6.45) is 0.755. The minimum atomic E-state index is -4.11. The van der Waals surface area contributed by atoms with Crippen LogP contribution in [0.2, 0.25) is 0 Å². The number of amides is 1. The summed E-state index contributed by atoms with van der Waals surface area (Å²) >= 11 is 0. The van der Waals surface area contributed by atoms with Gasteiger partial charge >= 0.3 is 0 Å². The molecule has 0 aliphatic heterocycles. The Hall–Kier alpha value is -3.33. The fraction of sp³-hybridized carbons (Fsp3) is 0.304. The van der Waals surface area contributed by atoms with Gasteiger partial charge in [0.25, 0.3) is 21.5 Å². The number of aryl methyl sites for hydroxylation is 1. The van der Waals surface area contributed by atoms with Crippen molar-refractivity contribution >= 4 is 21.6 Å². The van der Waals surface area contributed by atoms with Gasteiger partial charge in [-0.2, -0.15) is 0 Å². The van der Waals surface area contributed by atoms with Crippen molar-refractivity contribution in [3.63, 3.8) is 0 Å². The average Bonchev–Trinajstić information content (AvgIpc) is 2.97. The van der Waals surface area contributed by atoms with Crippen LogP contribution >= 0.6 is 0 Å². The molecule has 0 bridgehead atoms. The zero-order valence-electron chi connectivity index (χ0n) is 18.8. The number of hydrogen-bond acceptors (Lipinski definition) is 4. The van der Waals surface area contributed by atoms with Gasteiger partial charge < -0.3 is 5.32 Å². The van der Waals surface area contributed by atoms with Crippen molar-refractivity contribution in [1.82, 2.24) is 14.7 Å². The van der Waals surface area contributed by atoms with Gasteiger partial charge in [0, 0.05) is 18.7 Å². The molecule has 0 aliphatic rings. The van der Waals surface area contributed by atoms with Crippen molar-refractivity contribution in [2.24, 2.45) is 7.05 Å². The molecule has 1 amide bonds. The Morgan fingerprint density at radius 1 is 1.09 bits per heavy atom. The first-order valence-corrected chi connectivity index (χ1v) is 11.8. The van der Waals surface area contributed by atoms with Crippen molar-refractivity contribution in [3.05, 3.63) is 75.7 Å². The van der Waals surface area contributed by atoms with E-state index in [0.29, 0.717) is 16.9 Å². The van der Waals surface area contributed by atoms with E-state index in [1.54, 1.807) is 55.9 Å². The lowest BCUT2D eigenvalue weighted by Gasteiger charge is -2.14. The summed E-state index contributed by atoms with van der Waals surface area (Å²) in [5.41, 5.74) is 1.49. The van der Waals surface area contributed by atoms with Crippen molar-refractivity contribution in [3.8, 4) is 5.69 Å². The molecule has 0 fully saturated rings. The quantitative estimate of drug-likeness (QED) is 0.570. The van der Waals surface area contributed by atoms with Gasteiger partial charge in [-0.3, -0.25) is 19.0 Å². The third-order valence-electron chi connectivity index (χ3n) is 5.54. The van der Waals surface area contributed by atoms with E-state index in [9.17, 15) is 18.0 Å². The Morgan fingerprint density at radius 2 is 1.75 bits per heavy atom. The Kier molecular flexibility index (Phi) is 6.59. The molecule has 1 unspecified atom stereocenters. The largest absolute Gasteiger partial charge is 0.350 e. The molecule has 3 rings (SSSR count). The van der Waals surface area contributed by atoms with Crippen LogP contribution in [0.5, 0.6) is 0 Å². The molecule has 0 radical (unpaired) electrons. The topological polar surface area (TPSA) is 102 Å². The summed E-state index contributed by atoms with van der Waals surface area (Å²) in [7, 11) is -2.42. The Bertz CT molecular complexity index is 1310. The van der Waals surface area contributed by atoms with E-state index in [-0.39, 0.29) is 28.1 Å². The molecule has 1 atom stereocenters. The van der Waals surface area contributed by atoms with Crippen molar-refractivity contribution in [1.29, 1.82) is 0 Å². The summed E-state index contributed by atoms with van der Waals surface area (Å²) in [4.78, 5) is 25.6. The van der Waals surface area contributed by atoms with E-state index in [0.717, 1.165) is 6.42 Å². The number of nitrogens with one attached hydrogen (secondary N) is 2. The molecule has 0 spiro atoms. The Morgan fingerprint density at radius 3 is 2.38 bits per heavy atom. The van der Waals surface area contributed by atoms with Gasteiger partial charge in [-0.15, -0.1) is 0 Å². The molecule has 9 heteroatoms. The van der Waals surface area contributed by atoms with Gasteiger partial charge in [0.1, 0.15) is 5.69 Å². The molecular formula is C23H28N4O4S. The molecule has 0 saturated carbocycles. The molecular weight excluding hydrogens is 428 g/mol. The van der Waals surface area contributed by atoms with Crippen LogP contribution in [0, 0.1) is 13.8 Å². The van der Waals surface area contributed by atoms with Gasteiger partial charge in [-0.25, -0.2) is 13.1 Å². The number of hydrogen-bond donors (Lipinski definition) is 2. The summed E-state index contributed by atoms with van der Waals surface area (Å²) in [6.45, 7) is 7.24. The second kappa shape index (κ2) is 9.04. The van der Waals surface area contributed by atoms with E-state index in [2.05, 4.69) is 10.0 Å². The molecule has 32 heavy (non-hydrogen) atoms. The lowest BCUT2D eigenvalue weighted by atomic mass is 10.1. The van der Waals surface area contributed by atoms with Gasteiger partial charge in [0.2, 0.25) is 0 Å². The third kappa shape index (κ3) is 4.47. The third-order valence-corrected chi connectivity index (χ3v) is 6.89. The average molecular weight is 457 g/mol. The van der Waals surface area contributed by atoms with Crippen molar-refractivity contribution < 1.29 is 13.2 Å². The fourth-order valence-electron chi connectivity index (χ4n) is 3.30. The maximum absolute atomic E-state index is 13.1. The number of anilines is 1. The van der Waals surface area contributed by atoms with Crippen molar-refractivity contribution in [2.45, 2.75) is 45.1 Å². The first-order valence-electron chi connectivity index (χ1n) is 10.3. The van der Waals surface area contributed by atoms with E-state index in [4.69, 9.17) is 0 Å². The molecule has 1 aromatic heterocycles. The minimum Gasteiger partial charge on any atom is -0.350 e. The number of benzene rings is 2. The first-order chi connectivity index (χ1) is 15.1. The highest BCUT2D eigenvalue weighted by atomic mass is 32.2. The summed E-state index contributed by atoms with van der Waals surface area (Å²) < 4.78 is 31.7. The summed E-state index contributed by atoms with van der Waals surface area (Å²) in [5, 5.41) is 2.85. The van der Waals surface area contributed by atoms with Crippen LogP contribution in [0.15, 0.2) is 58.2 Å². The van der Waals surface area contributed by atoms with E-state index >= 15 is 0 Å². The second-order valence-corrected chi connectivity index (χ2v) is 9.48. The molecule has 3 aromatic rings. The number of aromatic nitrogens is 2. The second-order valence-electron chi connectivity index (χ2n) is 7.80. The number of carbonyl (C=O) groups is 1. The zero-order valence-corrected chi connectivity index (χ0v) is 19.7. The van der Waals surface area contributed by atoms with E-state index in [1.807, 2.05) is 19.9 Å². The fourth-order valence-corrected chi connectivity index (χ4v) is 4.44. The summed E-state index contributed by atoms with van der Waals surface area (Å²) in [5.74, 6) is -0.337. The molecule has 2 N–H and O–H groups in total. The Balaban J connectivity index is 2.00. The highest BCUT2D eigenvalue weighted by Gasteiger charge is 2.24. The van der Waals surface area contributed by atoms with Gasteiger partial charge in [-0.1, -0.05) is 31.2 Å². The van der Waals surface area contributed by atoms with Crippen molar-refractivity contribution in [2.75, 3.05) is 4.72 Å². The van der Waals surface area contributed by atoms with Gasteiger partial charge in [0.05, 0.1) is 16.3 Å². The van der Waals surface area contributed by atoms with E-state index in [1.165, 1.54) is 16.8 Å². The number of carbonyl (C=O) groups excluding carboxylic acids is 1. The number of nitrogens with zero attached hydrogens (tertiary/aromatic N) is 2. The zero-order chi connectivity index (χ0) is 23.6. The van der Waals surface area contributed by atoms with Crippen LogP contribution < -0.4 is 15.6 Å². The van der Waals surface area contributed by atoms with Crippen LogP contribution in [0.25, 0.3) is 5.69 Å². The lowest BCUT2D eigenvalue weighted by Crippen LogP contribution is -2.32. The number of para-hydroxylation sites is 1. The van der Waals surface area contributed by atoms with Crippen LogP contribution in [0.1, 0.15) is 41.9 Å². The maximum atomic E-state index is 13.1. The first kappa shape index (κ1) is 23.3. The highest BCUT2D eigenvalue weighted by Crippen LogP contribution is 2.21. The predicted molar refractivity (Wildman–Crippen MR) is 125 cm³/mol. The van der Waals surface area contributed by atoms with Gasteiger partial charge in [0.15, 0.2) is 0 Å². The SMILES string of the molecule is CCC(C)NC(=O)c1cc(S(=O)(=O)Nc2c(C)n(C)n(-c3ccccc3)c2=O)ccc1C.